The van der Waals surface area contributed by atoms with Crippen LogP contribution in [0.3, 0.4) is 0 Å². The van der Waals surface area contributed by atoms with Crippen LogP contribution in [0.15, 0.2) is 24.3 Å². The zero-order valence-corrected chi connectivity index (χ0v) is 12.2. The van der Waals surface area contributed by atoms with E-state index in [2.05, 4.69) is 57.3 Å². The molecule has 100 valence electrons. The summed E-state index contributed by atoms with van der Waals surface area (Å²) in [7, 11) is 2.02. The van der Waals surface area contributed by atoms with Crippen molar-refractivity contribution in [1.29, 1.82) is 0 Å². The maximum absolute atomic E-state index is 6.25. The molecule has 0 aliphatic heterocycles. The van der Waals surface area contributed by atoms with Crippen LogP contribution in [0.5, 0.6) is 0 Å². The fourth-order valence-electron chi connectivity index (χ4n) is 2.97. The lowest BCUT2D eigenvalue weighted by atomic mass is 9.79. The molecule has 0 spiro atoms. The van der Waals surface area contributed by atoms with Crippen LogP contribution >= 0.6 is 0 Å². The molecule has 0 fully saturated rings. The molecule has 2 heteroatoms. The smallest absolute Gasteiger partial charge is 0.0782 e. The van der Waals surface area contributed by atoms with Gasteiger partial charge in [-0.2, -0.15) is 0 Å². The van der Waals surface area contributed by atoms with Crippen molar-refractivity contribution in [2.24, 2.45) is 0 Å². The first-order valence-corrected chi connectivity index (χ1v) is 6.86. The van der Waals surface area contributed by atoms with Crippen LogP contribution in [0, 0.1) is 0 Å². The molecule has 0 amide bonds. The van der Waals surface area contributed by atoms with E-state index in [1.54, 1.807) is 0 Å². The Hall–Kier alpha value is -0.860. The number of benzene rings is 1. The van der Waals surface area contributed by atoms with Gasteiger partial charge in [-0.15, -0.1) is 0 Å². The van der Waals surface area contributed by atoms with Crippen molar-refractivity contribution in [1.82, 2.24) is 5.32 Å². The second-order valence-corrected chi connectivity index (χ2v) is 6.30. The fraction of sp³-hybridized carbons (Fsp3) is 0.625. The molecule has 2 rings (SSSR count). The minimum atomic E-state index is -0.0915. The van der Waals surface area contributed by atoms with Crippen molar-refractivity contribution in [2.45, 2.75) is 57.8 Å². The van der Waals surface area contributed by atoms with Crippen molar-refractivity contribution in [3.63, 3.8) is 0 Å². The van der Waals surface area contributed by atoms with E-state index in [0.717, 1.165) is 6.42 Å². The van der Waals surface area contributed by atoms with Crippen LogP contribution in [0.1, 0.15) is 57.2 Å². The topological polar surface area (TPSA) is 21.3 Å². The molecule has 3 atom stereocenters. The van der Waals surface area contributed by atoms with Crippen molar-refractivity contribution in [3.05, 3.63) is 35.4 Å². The summed E-state index contributed by atoms with van der Waals surface area (Å²) in [6, 6.07) is 9.03. The lowest BCUT2D eigenvalue weighted by Crippen LogP contribution is -2.41. The number of hydrogen-bond donors (Lipinski definition) is 1. The first kappa shape index (κ1) is 13.6. The summed E-state index contributed by atoms with van der Waals surface area (Å²) in [5, 5.41) is 3.43. The maximum atomic E-state index is 6.25. The summed E-state index contributed by atoms with van der Waals surface area (Å²) in [6.45, 7) is 8.68. The summed E-state index contributed by atoms with van der Waals surface area (Å²) >= 11 is 0. The highest BCUT2D eigenvalue weighted by molar-refractivity contribution is 5.36. The van der Waals surface area contributed by atoms with E-state index in [-0.39, 0.29) is 11.7 Å². The summed E-state index contributed by atoms with van der Waals surface area (Å²) in [5.41, 5.74) is 2.77. The van der Waals surface area contributed by atoms with E-state index in [9.17, 15) is 0 Å². The van der Waals surface area contributed by atoms with Gasteiger partial charge in [0.2, 0.25) is 0 Å². The van der Waals surface area contributed by atoms with E-state index < -0.39 is 0 Å². The molecule has 0 heterocycles. The van der Waals surface area contributed by atoms with Crippen LogP contribution in [0.25, 0.3) is 0 Å². The molecule has 3 unspecified atom stereocenters. The first-order chi connectivity index (χ1) is 8.42. The average molecular weight is 247 g/mol. The van der Waals surface area contributed by atoms with Gasteiger partial charge in [-0.25, -0.2) is 0 Å². The minimum Gasteiger partial charge on any atom is -0.371 e. The van der Waals surface area contributed by atoms with Gasteiger partial charge in [0, 0.05) is 0 Å². The van der Waals surface area contributed by atoms with Gasteiger partial charge in [-0.3, -0.25) is 0 Å². The molecule has 1 aliphatic rings. The molecule has 0 aromatic heterocycles. The van der Waals surface area contributed by atoms with Crippen LogP contribution in [0.4, 0.5) is 0 Å². The van der Waals surface area contributed by atoms with Gasteiger partial charge in [0.1, 0.15) is 0 Å². The van der Waals surface area contributed by atoms with Crippen LogP contribution < -0.4 is 5.32 Å². The Morgan fingerprint density at radius 1 is 1.17 bits per heavy atom. The lowest BCUT2D eigenvalue weighted by Gasteiger charge is -2.40. The maximum Gasteiger partial charge on any atom is 0.0782 e. The summed E-state index contributed by atoms with van der Waals surface area (Å²) < 4.78 is 6.25. The highest BCUT2D eigenvalue weighted by atomic mass is 16.5. The van der Waals surface area contributed by atoms with E-state index in [1.807, 2.05) is 7.05 Å². The van der Waals surface area contributed by atoms with Crippen molar-refractivity contribution in [3.8, 4) is 0 Å². The Kier molecular flexibility index (Phi) is 3.79. The predicted molar refractivity (Wildman–Crippen MR) is 75.9 cm³/mol. The molecule has 1 aromatic rings. The second-order valence-electron chi connectivity index (χ2n) is 6.30. The van der Waals surface area contributed by atoms with Gasteiger partial charge in [0.15, 0.2) is 0 Å². The van der Waals surface area contributed by atoms with Gasteiger partial charge in [0.25, 0.3) is 0 Å². The lowest BCUT2D eigenvalue weighted by molar-refractivity contribution is -0.0834. The number of hydrogen-bond acceptors (Lipinski definition) is 2. The Bertz CT molecular complexity index is 408. The minimum absolute atomic E-state index is 0.0915. The molecular formula is C16H25NO. The number of fused-ring (bicyclic) bond motifs is 1. The molecule has 1 aliphatic carbocycles. The third-order valence-electron chi connectivity index (χ3n) is 3.64. The van der Waals surface area contributed by atoms with Gasteiger partial charge in [0.05, 0.1) is 17.7 Å². The largest absolute Gasteiger partial charge is 0.371 e. The van der Waals surface area contributed by atoms with E-state index in [0.29, 0.717) is 12.0 Å². The molecule has 0 bridgehead atoms. The zero-order chi connectivity index (χ0) is 13.3. The second kappa shape index (κ2) is 5.02. The number of nitrogens with one attached hydrogen (secondary N) is 1. The number of ether oxygens (including phenoxy) is 1. The zero-order valence-electron chi connectivity index (χ0n) is 12.2. The Labute approximate surface area is 111 Å². The normalized spacial score (nSPS) is 27.9. The fourth-order valence-corrected chi connectivity index (χ4v) is 2.97. The van der Waals surface area contributed by atoms with Crippen molar-refractivity contribution in [2.75, 3.05) is 7.05 Å². The Morgan fingerprint density at radius 3 is 2.33 bits per heavy atom. The Morgan fingerprint density at radius 2 is 1.78 bits per heavy atom. The molecule has 1 N–H and O–H groups in total. The molecule has 0 saturated heterocycles. The molecular weight excluding hydrogens is 222 g/mol. The van der Waals surface area contributed by atoms with Gasteiger partial charge in [-0.05, 0) is 51.3 Å². The molecule has 18 heavy (non-hydrogen) atoms. The quantitative estimate of drug-likeness (QED) is 0.861. The summed E-state index contributed by atoms with van der Waals surface area (Å²) in [4.78, 5) is 0. The van der Waals surface area contributed by atoms with Gasteiger partial charge < -0.3 is 10.1 Å². The van der Waals surface area contributed by atoms with E-state index in [4.69, 9.17) is 4.74 Å². The number of rotatable bonds is 2. The van der Waals surface area contributed by atoms with Crippen LogP contribution in [0.2, 0.25) is 0 Å². The predicted octanol–water partition coefficient (Wildman–Crippen LogP) is 3.64. The summed E-state index contributed by atoms with van der Waals surface area (Å²) in [5.74, 6) is 0.568. The van der Waals surface area contributed by atoms with E-state index >= 15 is 0 Å². The monoisotopic (exact) mass is 247 g/mol. The van der Waals surface area contributed by atoms with Crippen molar-refractivity contribution < 1.29 is 4.74 Å². The van der Waals surface area contributed by atoms with Crippen LogP contribution in [-0.4, -0.2) is 18.8 Å². The SMILES string of the molecule is CNC1c2ccccc2C(C)CC1OC(C)(C)C. The Balaban J connectivity index is 2.31. The number of likely N-dealkylation sites (N-methyl/N-ethyl adjacent to an activating group) is 1. The molecule has 2 nitrogen and oxygen atoms in total. The molecule has 1 aromatic carbocycles. The van der Waals surface area contributed by atoms with Crippen molar-refractivity contribution >= 4 is 0 Å². The average Bonchev–Trinajstić information content (AvgIpc) is 2.27. The first-order valence-electron chi connectivity index (χ1n) is 6.86. The third-order valence-corrected chi connectivity index (χ3v) is 3.64. The highest BCUT2D eigenvalue weighted by Gasteiger charge is 2.34. The van der Waals surface area contributed by atoms with Crippen LogP contribution in [-0.2, 0) is 4.74 Å². The third kappa shape index (κ3) is 2.76. The van der Waals surface area contributed by atoms with Gasteiger partial charge in [-0.1, -0.05) is 31.2 Å². The standard InChI is InChI=1S/C16H25NO/c1-11-10-14(18-16(2,3)4)15(17-5)13-9-7-6-8-12(11)13/h6-9,11,14-15,17H,10H2,1-5H3. The molecule has 0 radical (unpaired) electrons. The summed E-state index contributed by atoms with van der Waals surface area (Å²) in [6.07, 6.45) is 1.33. The van der Waals surface area contributed by atoms with Gasteiger partial charge >= 0.3 is 0 Å². The van der Waals surface area contributed by atoms with E-state index in [1.165, 1.54) is 11.1 Å². The molecule has 0 saturated carbocycles. The highest BCUT2D eigenvalue weighted by Crippen LogP contribution is 2.39.